The quantitative estimate of drug-likeness (QED) is 0.175. The van der Waals surface area contributed by atoms with Crippen LogP contribution in [0.1, 0.15) is 47.2 Å². The zero-order valence-electron chi connectivity index (χ0n) is 32.0. The molecular weight excluding hydrogens is 687 g/mol. The zero-order valence-corrected chi connectivity index (χ0v) is 32.0. The highest BCUT2D eigenvalue weighted by atomic mass is 15.1. The van der Waals surface area contributed by atoms with Gasteiger partial charge in [-0.3, -0.25) is 0 Å². The SMILES string of the molecule is CC1(C)c2ccccc2-c2ccc(N(c3cccc(-c4ccccc4)c3)c3cccc4c3C3(c5ccccc5-4)c4ccccc4-c4ccc5ccccc5c43)cc21. The van der Waals surface area contributed by atoms with Crippen LogP contribution in [-0.2, 0) is 10.8 Å². The molecule has 0 saturated heterocycles. The maximum absolute atomic E-state index is 2.56. The molecular formula is C56H39N. The van der Waals surface area contributed by atoms with Crippen molar-refractivity contribution in [2.45, 2.75) is 24.7 Å². The molecule has 0 aromatic heterocycles. The van der Waals surface area contributed by atoms with Crippen LogP contribution in [0.25, 0.3) is 55.3 Å². The standard InChI is InChI=1S/C56H39N/c1-55(2)48-26-11-8-22-42(48)45-33-31-40(35-51(45)55)57(39-20-14-19-38(34-39)36-16-4-3-5-17-36)52-29-15-25-46-43-23-9-12-27-49(43)56(54(46)52)50-28-13-10-24-44(50)47-32-30-37-18-6-7-21-41(37)53(47)56/h3-35H,1-2H3. The predicted octanol–water partition coefficient (Wildman–Crippen LogP) is 14.6. The molecule has 0 fully saturated rings. The molecule has 57 heavy (non-hydrogen) atoms. The van der Waals surface area contributed by atoms with Crippen molar-refractivity contribution in [3.8, 4) is 44.5 Å². The topological polar surface area (TPSA) is 3.24 Å². The lowest BCUT2D eigenvalue weighted by molar-refractivity contribution is 0.660. The van der Waals surface area contributed by atoms with Gasteiger partial charge in [-0.05, 0) is 113 Å². The van der Waals surface area contributed by atoms with E-state index in [0.29, 0.717) is 0 Å². The Morgan fingerprint density at radius 2 is 0.895 bits per heavy atom. The Hall–Kier alpha value is -6.96. The molecule has 3 aliphatic carbocycles. The lowest BCUT2D eigenvalue weighted by atomic mass is 9.68. The van der Waals surface area contributed by atoms with E-state index >= 15 is 0 Å². The second-order valence-corrected chi connectivity index (χ2v) is 16.4. The van der Waals surface area contributed by atoms with Crippen molar-refractivity contribution in [1.29, 1.82) is 0 Å². The van der Waals surface area contributed by atoms with E-state index in [-0.39, 0.29) is 5.41 Å². The Morgan fingerprint density at radius 1 is 0.351 bits per heavy atom. The van der Waals surface area contributed by atoms with E-state index in [1.165, 1.54) is 94.3 Å². The number of benzene rings is 9. The summed E-state index contributed by atoms with van der Waals surface area (Å²) >= 11 is 0. The number of rotatable bonds is 4. The maximum Gasteiger partial charge on any atom is 0.0752 e. The van der Waals surface area contributed by atoms with Gasteiger partial charge in [-0.25, -0.2) is 0 Å². The van der Waals surface area contributed by atoms with E-state index in [9.17, 15) is 0 Å². The molecule has 3 aliphatic rings. The summed E-state index contributed by atoms with van der Waals surface area (Å²) in [4.78, 5) is 2.56. The van der Waals surface area contributed by atoms with Gasteiger partial charge in [0.25, 0.3) is 0 Å². The molecule has 1 nitrogen and oxygen atoms in total. The molecule has 0 saturated carbocycles. The van der Waals surface area contributed by atoms with Crippen molar-refractivity contribution in [3.63, 3.8) is 0 Å². The van der Waals surface area contributed by atoms with Crippen LogP contribution in [0, 0.1) is 0 Å². The summed E-state index contributed by atoms with van der Waals surface area (Å²) in [6.45, 7) is 4.76. The summed E-state index contributed by atoms with van der Waals surface area (Å²) in [6, 6.07) is 75.1. The normalized spacial score (nSPS) is 16.1. The molecule has 0 amide bonds. The van der Waals surface area contributed by atoms with Crippen molar-refractivity contribution in [3.05, 3.63) is 234 Å². The fraction of sp³-hybridized carbons (Fsp3) is 0.0714. The minimum Gasteiger partial charge on any atom is -0.310 e. The average Bonchev–Trinajstić information content (AvgIpc) is 3.83. The molecule has 268 valence electrons. The van der Waals surface area contributed by atoms with Gasteiger partial charge in [-0.1, -0.05) is 184 Å². The Bertz CT molecular complexity index is 3100. The fourth-order valence-corrected chi connectivity index (χ4v) is 10.9. The van der Waals surface area contributed by atoms with Crippen molar-refractivity contribution >= 4 is 27.8 Å². The molecule has 0 heterocycles. The first-order valence-electron chi connectivity index (χ1n) is 20.1. The molecule has 1 spiro atoms. The minimum absolute atomic E-state index is 0.141. The van der Waals surface area contributed by atoms with Gasteiger partial charge >= 0.3 is 0 Å². The molecule has 1 atom stereocenters. The van der Waals surface area contributed by atoms with Gasteiger partial charge in [-0.2, -0.15) is 0 Å². The van der Waals surface area contributed by atoms with Crippen LogP contribution in [0.15, 0.2) is 200 Å². The van der Waals surface area contributed by atoms with Crippen molar-refractivity contribution in [2.75, 3.05) is 4.90 Å². The van der Waals surface area contributed by atoms with Crippen LogP contribution < -0.4 is 4.90 Å². The number of fused-ring (bicyclic) bond motifs is 15. The van der Waals surface area contributed by atoms with Crippen LogP contribution in [0.3, 0.4) is 0 Å². The third-order valence-electron chi connectivity index (χ3n) is 13.2. The lowest BCUT2D eigenvalue weighted by Gasteiger charge is -2.36. The van der Waals surface area contributed by atoms with Gasteiger partial charge in [0.05, 0.1) is 11.1 Å². The molecule has 0 bridgehead atoms. The van der Waals surface area contributed by atoms with Crippen LogP contribution in [0.5, 0.6) is 0 Å². The largest absolute Gasteiger partial charge is 0.310 e. The molecule has 9 aromatic rings. The summed E-state index contributed by atoms with van der Waals surface area (Å²) in [6.07, 6.45) is 0. The summed E-state index contributed by atoms with van der Waals surface area (Å²) in [7, 11) is 0. The van der Waals surface area contributed by atoms with E-state index in [1.807, 2.05) is 0 Å². The Labute approximate surface area is 334 Å². The number of nitrogens with zero attached hydrogens (tertiary/aromatic N) is 1. The molecule has 0 N–H and O–H groups in total. The van der Waals surface area contributed by atoms with Crippen molar-refractivity contribution < 1.29 is 0 Å². The number of hydrogen-bond donors (Lipinski definition) is 0. The Kier molecular flexibility index (Phi) is 6.67. The second-order valence-electron chi connectivity index (χ2n) is 16.4. The predicted molar refractivity (Wildman–Crippen MR) is 238 cm³/mol. The van der Waals surface area contributed by atoms with Gasteiger partial charge in [0.2, 0.25) is 0 Å². The van der Waals surface area contributed by atoms with Gasteiger partial charge in [0.1, 0.15) is 0 Å². The van der Waals surface area contributed by atoms with Crippen molar-refractivity contribution in [1.82, 2.24) is 0 Å². The average molecular weight is 726 g/mol. The molecule has 1 unspecified atom stereocenters. The minimum atomic E-state index is -0.545. The number of anilines is 3. The fourth-order valence-electron chi connectivity index (χ4n) is 10.9. The molecule has 1 heteroatoms. The van der Waals surface area contributed by atoms with Crippen LogP contribution >= 0.6 is 0 Å². The van der Waals surface area contributed by atoms with E-state index in [1.54, 1.807) is 0 Å². The van der Waals surface area contributed by atoms with Crippen LogP contribution in [0.4, 0.5) is 17.1 Å². The zero-order chi connectivity index (χ0) is 37.9. The third kappa shape index (κ3) is 4.29. The second kappa shape index (κ2) is 11.8. The summed E-state index contributed by atoms with van der Waals surface area (Å²) in [5.74, 6) is 0. The van der Waals surface area contributed by atoms with Gasteiger partial charge in [0, 0.05) is 22.4 Å². The first kappa shape index (κ1) is 32.3. The first-order valence-corrected chi connectivity index (χ1v) is 20.1. The summed E-state index contributed by atoms with van der Waals surface area (Å²) < 4.78 is 0. The molecule has 12 rings (SSSR count). The smallest absolute Gasteiger partial charge is 0.0752 e. The number of hydrogen-bond acceptors (Lipinski definition) is 1. The summed E-state index contributed by atoms with van der Waals surface area (Å²) in [5.41, 5.74) is 21.2. The van der Waals surface area contributed by atoms with Crippen LogP contribution in [-0.4, -0.2) is 0 Å². The van der Waals surface area contributed by atoms with Gasteiger partial charge in [-0.15, -0.1) is 0 Å². The first-order chi connectivity index (χ1) is 28.0. The highest BCUT2D eigenvalue weighted by Crippen LogP contribution is 2.66. The lowest BCUT2D eigenvalue weighted by Crippen LogP contribution is -2.28. The highest BCUT2D eigenvalue weighted by molar-refractivity contribution is 6.06. The Balaban J connectivity index is 1.20. The third-order valence-corrected chi connectivity index (χ3v) is 13.2. The van der Waals surface area contributed by atoms with Crippen molar-refractivity contribution in [2.24, 2.45) is 0 Å². The van der Waals surface area contributed by atoms with E-state index in [4.69, 9.17) is 0 Å². The van der Waals surface area contributed by atoms with E-state index < -0.39 is 5.41 Å². The van der Waals surface area contributed by atoms with Gasteiger partial charge < -0.3 is 4.90 Å². The van der Waals surface area contributed by atoms with Crippen LogP contribution in [0.2, 0.25) is 0 Å². The van der Waals surface area contributed by atoms with E-state index in [0.717, 1.165) is 11.4 Å². The molecule has 0 radical (unpaired) electrons. The maximum atomic E-state index is 2.56. The highest BCUT2D eigenvalue weighted by Gasteiger charge is 2.54. The Morgan fingerprint density at radius 3 is 1.67 bits per heavy atom. The molecule has 9 aromatic carbocycles. The summed E-state index contributed by atoms with van der Waals surface area (Å²) in [5, 5.41) is 2.57. The molecule has 0 aliphatic heterocycles. The van der Waals surface area contributed by atoms with Gasteiger partial charge in [0.15, 0.2) is 0 Å². The van der Waals surface area contributed by atoms with E-state index in [2.05, 4.69) is 219 Å². The monoisotopic (exact) mass is 725 g/mol.